The second kappa shape index (κ2) is 7.31. The molecule has 7 heteroatoms. The molecule has 0 saturated heterocycles. The van der Waals surface area contributed by atoms with Crippen molar-refractivity contribution in [3.63, 3.8) is 0 Å². The molecule has 0 aliphatic carbocycles. The number of allylic oxidation sites excluding steroid dienone is 1. The van der Waals surface area contributed by atoms with Gasteiger partial charge in [-0.3, -0.25) is 9.59 Å². The third kappa shape index (κ3) is 3.97. The summed E-state index contributed by atoms with van der Waals surface area (Å²) >= 11 is 6.04. The number of nitrogens with two attached hydrogens (primary N) is 1. The van der Waals surface area contributed by atoms with Crippen LogP contribution >= 0.6 is 11.6 Å². The molecule has 0 fully saturated rings. The van der Waals surface area contributed by atoms with Gasteiger partial charge in [-0.25, -0.2) is 0 Å². The Morgan fingerprint density at radius 1 is 1.52 bits per heavy atom. The predicted molar refractivity (Wildman–Crippen MR) is 79.1 cm³/mol. The summed E-state index contributed by atoms with van der Waals surface area (Å²) in [4.78, 5) is 23.3. The normalized spacial score (nSPS) is 10.7. The van der Waals surface area contributed by atoms with Gasteiger partial charge in [-0.15, -0.1) is 0 Å². The molecule has 0 aliphatic heterocycles. The molecule has 1 aromatic carbocycles. The molecule has 21 heavy (non-hydrogen) atoms. The Balaban J connectivity index is 3.38. The number of amides is 1. The molecule has 0 bridgehead atoms. The zero-order valence-electron chi connectivity index (χ0n) is 11.6. The van der Waals surface area contributed by atoms with Crippen LogP contribution in [-0.4, -0.2) is 18.3 Å². The first-order chi connectivity index (χ1) is 9.94. The number of nitrogens with zero attached hydrogens (tertiary/aromatic N) is 1. The maximum atomic E-state index is 12.1. The van der Waals surface area contributed by atoms with Crippen LogP contribution in [0, 0.1) is 11.3 Å². The van der Waals surface area contributed by atoms with Crippen molar-refractivity contribution < 1.29 is 14.3 Å². The molecular weight excluding hydrogens is 294 g/mol. The molecule has 1 aromatic rings. The Labute approximate surface area is 127 Å². The van der Waals surface area contributed by atoms with Crippen LogP contribution in [0.4, 0.5) is 5.69 Å². The number of hydrogen-bond donors (Lipinski definition) is 2. The number of rotatable bonds is 5. The number of Topliss-reactive ketones (excluding diaryl/α,β-unsaturated/α-hetero) is 1. The van der Waals surface area contributed by atoms with Gasteiger partial charge in [0.05, 0.1) is 17.3 Å². The van der Waals surface area contributed by atoms with Crippen molar-refractivity contribution in [2.24, 2.45) is 5.73 Å². The Kier molecular flexibility index (Phi) is 5.76. The Morgan fingerprint density at radius 2 is 2.19 bits per heavy atom. The fourth-order valence-corrected chi connectivity index (χ4v) is 1.84. The number of nitriles is 1. The minimum absolute atomic E-state index is 0.0575. The summed E-state index contributed by atoms with van der Waals surface area (Å²) in [5.74, 6) is -0.615. The van der Waals surface area contributed by atoms with Crippen molar-refractivity contribution in [2.75, 3.05) is 11.9 Å². The number of ketones is 1. The van der Waals surface area contributed by atoms with Gasteiger partial charge >= 0.3 is 0 Å². The average molecular weight is 308 g/mol. The van der Waals surface area contributed by atoms with Crippen molar-refractivity contribution in [3.8, 4) is 11.8 Å². The molecule has 0 aromatic heterocycles. The molecule has 0 atom stereocenters. The number of anilines is 1. The van der Waals surface area contributed by atoms with Gasteiger partial charge < -0.3 is 15.8 Å². The molecule has 3 N–H and O–H groups in total. The van der Waals surface area contributed by atoms with E-state index in [0.29, 0.717) is 18.0 Å². The molecule has 110 valence electrons. The summed E-state index contributed by atoms with van der Waals surface area (Å²) in [6.07, 6.45) is 0.910. The number of nitrogens with one attached hydrogen (secondary N) is 1. The van der Waals surface area contributed by atoms with Crippen LogP contribution in [0.25, 0.3) is 0 Å². The topological polar surface area (TPSA) is 105 Å². The minimum atomic E-state index is -0.625. The largest absolute Gasteiger partial charge is 0.492 e. The van der Waals surface area contributed by atoms with E-state index in [0.717, 1.165) is 6.20 Å². The second-order valence-electron chi connectivity index (χ2n) is 3.96. The standard InChI is InChI=1S/C14H14ClN3O3/c1-3-21-13-5-11(15)10(4-12(13)18-8(2)19)14(20)9(6-16)7-17/h4-6H,3,16H2,1-2H3,(H,18,19)/b9-6+. The minimum Gasteiger partial charge on any atom is -0.492 e. The van der Waals surface area contributed by atoms with Crippen LogP contribution in [0.15, 0.2) is 23.9 Å². The number of carbonyl (C=O) groups is 2. The van der Waals surface area contributed by atoms with E-state index < -0.39 is 5.78 Å². The molecule has 1 rings (SSSR count). The zero-order chi connectivity index (χ0) is 16.0. The van der Waals surface area contributed by atoms with Crippen molar-refractivity contribution in [2.45, 2.75) is 13.8 Å². The summed E-state index contributed by atoms with van der Waals surface area (Å²) < 4.78 is 5.35. The van der Waals surface area contributed by atoms with E-state index in [2.05, 4.69) is 5.32 Å². The van der Waals surface area contributed by atoms with E-state index in [1.165, 1.54) is 19.1 Å². The highest BCUT2D eigenvalue weighted by atomic mass is 35.5. The van der Waals surface area contributed by atoms with Crippen molar-refractivity contribution in [3.05, 3.63) is 34.5 Å². The number of ether oxygens (including phenoxy) is 1. The van der Waals surface area contributed by atoms with Crippen molar-refractivity contribution in [1.82, 2.24) is 0 Å². The van der Waals surface area contributed by atoms with E-state index in [-0.39, 0.29) is 22.1 Å². The number of hydrogen-bond acceptors (Lipinski definition) is 5. The monoisotopic (exact) mass is 307 g/mol. The highest BCUT2D eigenvalue weighted by Crippen LogP contribution is 2.32. The Bertz CT molecular complexity index is 648. The zero-order valence-corrected chi connectivity index (χ0v) is 12.3. The average Bonchev–Trinajstić information content (AvgIpc) is 2.42. The first kappa shape index (κ1) is 16.5. The van der Waals surface area contributed by atoms with E-state index in [9.17, 15) is 9.59 Å². The number of benzene rings is 1. The highest BCUT2D eigenvalue weighted by Gasteiger charge is 2.19. The van der Waals surface area contributed by atoms with E-state index in [1.807, 2.05) is 0 Å². The summed E-state index contributed by atoms with van der Waals surface area (Å²) in [6.45, 7) is 3.46. The fourth-order valence-electron chi connectivity index (χ4n) is 1.60. The summed E-state index contributed by atoms with van der Waals surface area (Å²) in [6, 6.07) is 4.46. The molecule has 0 saturated carbocycles. The van der Waals surface area contributed by atoms with Crippen LogP contribution < -0.4 is 15.8 Å². The predicted octanol–water partition coefficient (Wildman–Crippen LogP) is 2.25. The van der Waals surface area contributed by atoms with Crippen LogP contribution in [-0.2, 0) is 4.79 Å². The van der Waals surface area contributed by atoms with Gasteiger partial charge in [-0.1, -0.05) is 11.6 Å². The lowest BCUT2D eigenvalue weighted by Crippen LogP contribution is -2.11. The maximum Gasteiger partial charge on any atom is 0.221 e. The van der Waals surface area contributed by atoms with E-state index in [4.69, 9.17) is 27.3 Å². The molecule has 0 heterocycles. The first-order valence-corrected chi connectivity index (χ1v) is 6.43. The lowest BCUT2D eigenvalue weighted by molar-refractivity contribution is -0.114. The van der Waals surface area contributed by atoms with Gasteiger partial charge in [-0.2, -0.15) is 5.26 Å². The van der Waals surface area contributed by atoms with Gasteiger partial charge in [0.25, 0.3) is 0 Å². The molecule has 1 amide bonds. The van der Waals surface area contributed by atoms with Crippen LogP contribution in [0.3, 0.4) is 0 Å². The highest BCUT2D eigenvalue weighted by molar-refractivity contribution is 6.35. The van der Waals surface area contributed by atoms with E-state index in [1.54, 1.807) is 13.0 Å². The third-order valence-corrected chi connectivity index (χ3v) is 2.77. The SMILES string of the molecule is CCOc1cc(Cl)c(C(=O)/C(C#N)=C/N)cc1NC(C)=O. The first-order valence-electron chi connectivity index (χ1n) is 6.05. The molecule has 0 aliphatic rings. The van der Waals surface area contributed by atoms with Gasteiger partial charge in [0.1, 0.15) is 17.4 Å². The van der Waals surface area contributed by atoms with Gasteiger partial charge in [0.2, 0.25) is 11.7 Å². The summed E-state index contributed by atoms with van der Waals surface area (Å²) in [7, 11) is 0. The number of halogens is 1. The van der Waals surface area contributed by atoms with Crippen LogP contribution in [0.1, 0.15) is 24.2 Å². The molecule has 0 unspecified atom stereocenters. The Hall–Kier alpha value is -2.52. The second-order valence-corrected chi connectivity index (χ2v) is 4.37. The van der Waals surface area contributed by atoms with Crippen LogP contribution in [0.2, 0.25) is 5.02 Å². The lowest BCUT2D eigenvalue weighted by atomic mass is 10.0. The van der Waals surface area contributed by atoms with Gasteiger partial charge in [-0.05, 0) is 13.0 Å². The maximum absolute atomic E-state index is 12.1. The molecular formula is C14H14ClN3O3. The molecule has 6 nitrogen and oxygen atoms in total. The summed E-state index contributed by atoms with van der Waals surface area (Å²) in [5.41, 5.74) is 5.34. The van der Waals surface area contributed by atoms with Gasteiger partial charge in [0.15, 0.2) is 0 Å². The molecule has 0 spiro atoms. The number of carbonyl (C=O) groups excluding carboxylic acids is 2. The van der Waals surface area contributed by atoms with Crippen molar-refractivity contribution in [1.29, 1.82) is 5.26 Å². The van der Waals surface area contributed by atoms with Crippen molar-refractivity contribution >= 4 is 29.0 Å². The van der Waals surface area contributed by atoms with E-state index >= 15 is 0 Å². The Morgan fingerprint density at radius 3 is 2.67 bits per heavy atom. The van der Waals surface area contributed by atoms with Gasteiger partial charge in [0, 0.05) is 24.8 Å². The smallest absolute Gasteiger partial charge is 0.221 e. The summed E-state index contributed by atoms with van der Waals surface area (Å²) in [5, 5.41) is 11.5. The lowest BCUT2D eigenvalue weighted by Gasteiger charge is -2.13. The fraction of sp³-hybridized carbons (Fsp3) is 0.214. The third-order valence-electron chi connectivity index (χ3n) is 2.46. The van der Waals surface area contributed by atoms with Crippen LogP contribution in [0.5, 0.6) is 5.75 Å². The quantitative estimate of drug-likeness (QED) is 0.493. The molecule has 0 radical (unpaired) electrons.